The average Bonchev–Trinajstić information content (AvgIpc) is 2.79. The van der Waals surface area contributed by atoms with E-state index in [1.54, 1.807) is 7.11 Å². The molecule has 0 radical (unpaired) electrons. The number of hydrogen-bond donors (Lipinski definition) is 0. The summed E-state index contributed by atoms with van der Waals surface area (Å²) < 4.78 is 6.35. The molecule has 3 aromatic rings. The third kappa shape index (κ3) is 4.69. The molecule has 1 saturated carbocycles. The molecule has 0 aromatic heterocycles. The Hall–Kier alpha value is -1.81. The molecule has 0 amide bonds. The maximum Gasteiger partial charge on any atom is 0.118 e. The quantitative estimate of drug-likeness (QED) is 0.257. The zero-order valence-electron chi connectivity index (χ0n) is 17.3. The van der Waals surface area contributed by atoms with Crippen molar-refractivity contribution in [2.24, 2.45) is 0 Å². The Kier molecular flexibility index (Phi) is 6.59. The van der Waals surface area contributed by atoms with Crippen LogP contribution in [0.3, 0.4) is 0 Å². The van der Waals surface area contributed by atoms with Crippen molar-refractivity contribution in [2.45, 2.75) is 48.9 Å². The van der Waals surface area contributed by atoms with E-state index in [1.807, 2.05) is 0 Å². The molecule has 0 bridgehead atoms. The highest BCUT2D eigenvalue weighted by atomic mass is 127. The second-order valence-corrected chi connectivity index (χ2v) is 9.00. The predicted molar refractivity (Wildman–Crippen MR) is 131 cm³/mol. The molecule has 0 atom stereocenters. The summed E-state index contributed by atoms with van der Waals surface area (Å²) in [7, 11) is 1.73. The maximum absolute atomic E-state index is 5.30. The van der Waals surface area contributed by atoms with Gasteiger partial charge in [0, 0.05) is 4.43 Å². The van der Waals surface area contributed by atoms with Crippen molar-refractivity contribution in [2.75, 3.05) is 7.11 Å². The summed E-state index contributed by atoms with van der Waals surface area (Å²) in [6.07, 6.45) is 5.11. The predicted octanol–water partition coefficient (Wildman–Crippen LogP) is 8.05. The van der Waals surface area contributed by atoms with Gasteiger partial charge >= 0.3 is 0 Å². The van der Waals surface area contributed by atoms with Gasteiger partial charge in [0.05, 0.1) is 7.11 Å². The number of methoxy groups -OCH3 is 1. The van der Waals surface area contributed by atoms with E-state index in [9.17, 15) is 0 Å². The van der Waals surface area contributed by atoms with Gasteiger partial charge in [0.15, 0.2) is 0 Å². The van der Waals surface area contributed by atoms with Gasteiger partial charge in [-0.25, -0.2) is 0 Å². The molecule has 0 heterocycles. The number of alkyl halides is 1. The second-order valence-electron chi connectivity index (χ2n) is 8.24. The molecule has 29 heavy (non-hydrogen) atoms. The third-order valence-electron chi connectivity index (χ3n) is 6.42. The summed E-state index contributed by atoms with van der Waals surface area (Å²) in [6, 6.07) is 24.8. The number of benzene rings is 3. The number of ether oxygens (including phenoxy) is 1. The molecular formula is C27H29IO. The molecule has 4 rings (SSSR count). The molecule has 0 spiro atoms. The van der Waals surface area contributed by atoms with Crippen molar-refractivity contribution >= 4 is 22.6 Å². The van der Waals surface area contributed by atoms with Crippen molar-refractivity contribution < 1.29 is 4.74 Å². The van der Waals surface area contributed by atoms with Gasteiger partial charge < -0.3 is 4.74 Å². The molecule has 1 aliphatic carbocycles. The first-order valence-corrected chi connectivity index (χ1v) is 12.1. The molecular weight excluding hydrogens is 467 g/mol. The van der Waals surface area contributed by atoms with Crippen molar-refractivity contribution in [1.29, 1.82) is 0 Å². The number of rotatable bonds is 5. The standard InChI is InChI=1S/C27H29IO/c1-19-3-5-23(6-4-19)27-16-13-24(17-25(27)18-28)22-9-7-20(8-10-22)21-11-14-26(29-2)15-12-21/h3-6,11-17,20,22H,7-10,18H2,1-2H3. The SMILES string of the molecule is COc1ccc(C2CCC(c3ccc(-c4ccc(C)cc4)c(CI)c3)CC2)cc1. The minimum absolute atomic E-state index is 0.688. The zero-order chi connectivity index (χ0) is 20.2. The Bertz CT molecular complexity index is 935. The highest BCUT2D eigenvalue weighted by Crippen LogP contribution is 2.41. The summed E-state index contributed by atoms with van der Waals surface area (Å²) in [6.45, 7) is 2.15. The summed E-state index contributed by atoms with van der Waals surface area (Å²) in [5.41, 5.74) is 8.49. The van der Waals surface area contributed by atoms with Gasteiger partial charge in [-0.05, 0) is 84.4 Å². The van der Waals surface area contributed by atoms with Crippen LogP contribution in [0.25, 0.3) is 11.1 Å². The van der Waals surface area contributed by atoms with Gasteiger partial charge in [0.1, 0.15) is 5.75 Å². The molecule has 3 aromatic carbocycles. The van der Waals surface area contributed by atoms with Crippen LogP contribution < -0.4 is 4.74 Å². The number of hydrogen-bond acceptors (Lipinski definition) is 1. The Morgan fingerprint density at radius 1 is 0.793 bits per heavy atom. The van der Waals surface area contributed by atoms with Gasteiger partial charge in [-0.3, -0.25) is 0 Å². The molecule has 1 aliphatic rings. The summed E-state index contributed by atoms with van der Waals surface area (Å²) in [4.78, 5) is 0. The topological polar surface area (TPSA) is 9.23 Å². The summed E-state index contributed by atoms with van der Waals surface area (Å²) in [5, 5.41) is 0. The van der Waals surface area contributed by atoms with Crippen LogP contribution in [0.5, 0.6) is 5.75 Å². The molecule has 0 aliphatic heterocycles. The molecule has 150 valence electrons. The lowest BCUT2D eigenvalue weighted by molar-refractivity contribution is 0.394. The lowest BCUT2D eigenvalue weighted by atomic mass is 9.76. The fourth-order valence-electron chi connectivity index (χ4n) is 4.63. The summed E-state index contributed by atoms with van der Waals surface area (Å²) >= 11 is 2.51. The van der Waals surface area contributed by atoms with Crippen molar-refractivity contribution in [3.05, 3.63) is 89.0 Å². The van der Waals surface area contributed by atoms with Crippen LogP contribution >= 0.6 is 22.6 Å². The highest BCUT2D eigenvalue weighted by molar-refractivity contribution is 14.1. The Morgan fingerprint density at radius 2 is 1.38 bits per heavy atom. The van der Waals surface area contributed by atoms with E-state index in [1.165, 1.54) is 59.1 Å². The second kappa shape index (κ2) is 9.34. The first kappa shape index (κ1) is 20.5. The fourth-order valence-corrected chi connectivity index (χ4v) is 5.26. The maximum atomic E-state index is 5.30. The first-order valence-electron chi connectivity index (χ1n) is 10.6. The van der Waals surface area contributed by atoms with E-state index in [0.717, 1.165) is 10.2 Å². The highest BCUT2D eigenvalue weighted by Gasteiger charge is 2.24. The van der Waals surface area contributed by atoms with Gasteiger partial charge in [0.25, 0.3) is 0 Å². The fraction of sp³-hybridized carbons (Fsp3) is 0.333. The van der Waals surface area contributed by atoms with E-state index in [-0.39, 0.29) is 0 Å². The Labute approximate surface area is 188 Å². The largest absolute Gasteiger partial charge is 0.497 e. The molecule has 0 N–H and O–H groups in total. The third-order valence-corrected chi connectivity index (χ3v) is 7.24. The van der Waals surface area contributed by atoms with Crippen LogP contribution in [0.15, 0.2) is 66.7 Å². The van der Waals surface area contributed by atoms with Crippen LogP contribution in [-0.2, 0) is 4.43 Å². The first-order chi connectivity index (χ1) is 14.2. The average molecular weight is 496 g/mol. The van der Waals surface area contributed by atoms with Gasteiger partial charge in [-0.15, -0.1) is 0 Å². The normalized spacial score (nSPS) is 19.1. The molecule has 0 unspecified atom stereocenters. The Balaban J connectivity index is 1.47. The van der Waals surface area contributed by atoms with Crippen molar-refractivity contribution in [3.63, 3.8) is 0 Å². The lowest BCUT2D eigenvalue weighted by Gasteiger charge is -2.29. The molecule has 1 fully saturated rings. The van der Waals surface area contributed by atoms with E-state index >= 15 is 0 Å². The van der Waals surface area contributed by atoms with Crippen LogP contribution in [0.4, 0.5) is 0 Å². The molecule has 0 saturated heterocycles. The number of aryl methyl sites for hydroxylation is 1. The zero-order valence-corrected chi connectivity index (χ0v) is 19.5. The van der Waals surface area contributed by atoms with E-state index in [0.29, 0.717) is 11.8 Å². The minimum atomic E-state index is 0.688. The van der Waals surface area contributed by atoms with Crippen LogP contribution in [0.2, 0.25) is 0 Å². The van der Waals surface area contributed by atoms with Crippen LogP contribution in [0.1, 0.15) is 59.8 Å². The number of halogens is 1. The van der Waals surface area contributed by atoms with Gasteiger partial charge in [-0.1, -0.05) is 82.8 Å². The van der Waals surface area contributed by atoms with Crippen LogP contribution in [-0.4, -0.2) is 7.11 Å². The molecule has 2 heteroatoms. The minimum Gasteiger partial charge on any atom is -0.497 e. The van der Waals surface area contributed by atoms with Crippen molar-refractivity contribution in [3.8, 4) is 16.9 Å². The van der Waals surface area contributed by atoms with Crippen LogP contribution in [0, 0.1) is 6.92 Å². The van der Waals surface area contributed by atoms with E-state index < -0.39 is 0 Å². The Morgan fingerprint density at radius 3 is 1.97 bits per heavy atom. The lowest BCUT2D eigenvalue weighted by Crippen LogP contribution is -2.12. The van der Waals surface area contributed by atoms with Gasteiger partial charge in [-0.2, -0.15) is 0 Å². The summed E-state index contributed by atoms with van der Waals surface area (Å²) in [5.74, 6) is 2.33. The monoisotopic (exact) mass is 496 g/mol. The van der Waals surface area contributed by atoms with E-state index in [2.05, 4.69) is 96.2 Å². The smallest absolute Gasteiger partial charge is 0.118 e. The van der Waals surface area contributed by atoms with Crippen molar-refractivity contribution in [1.82, 2.24) is 0 Å². The van der Waals surface area contributed by atoms with Gasteiger partial charge in [0.2, 0.25) is 0 Å². The van der Waals surface area contributed by atoms with E-state index in [4.69, 9.17) is 4.74 Å². The molecule has 1 nitrogen and oxygen atoms in total.